The monoisotopic (exact) mass is 292 g/mol. The molecule has 3 N–H and O–H groups in total. The Hall–Kier alpha value is -2.31. The molecular formula is C14H20N4O3. The third-order valence-electron chi connectivity index (χ3n) is 3.35. The Balaban J connectivity index is 2.04. The van der Waals surface area contributed by atoms with Crippen molar-refractivity contribution < 1.29 is 9.72 Å². The number of nitro benzene ring substituents is 1. The third kappa shape index (κ3) is 4.34. The van der Waals surface area contributed by atoms with Crippen LogP contribution in [0.4, 0.5) is 17.1 Å². The van der Waals surface area contributed by atoms with Gasteiger partial charge in [-0.25, -0.2) is 0 Å². The second-order valence-electron chi connectivity index (χ2n) is 5.14. The molecule has 0 spiro atoms. The molecule has 1 heterocycles. The summed E-state index contributed by atoms with van der Waals surface area (Å²) in [6.07, 6.45) is 2.28. The average Bonchev–Trinajstić information content (AvgIpc) is 2.88. The van der Waals surface area contributed by atoms with Gasteiger partial charge in [0.2, 0.25) is 5.91 Å². The lowest BCUT2D eigenvalue weighted by Crippen LogP contribution is -2.31. The second kappa shape index (κ2) is 6.92. The summed E-state index contributed by atoms with van der Waals surface area (Å²) >= 11 is 0. The number of amides is 1. The molecule has 2 rings (SSSR count). The lowest BCUT2D eigenvalue weighted by atomic mass is 10.2. The van der Waals surface area contributed by atoms with Crippen LogP contribution in [-0.4, -0.2) is 30.0 Å². The van der Waals surface area contributed by atoms with Gasteiger partial charge in [0.05, 0.1) is 4.92 Å². The Morgan fingerprint density at radius 1 is 1.33 bits per heavy atom. The number of nitrogens with one attached hydrogen (secondary N) is 3. The summed E-state index contributed by atoms with van der Waals surface area (Å²) in [5.41, 5.74) is 1.46. The maximum atomic E-state index is 11.1. The molecule has 1 aliphatic rings. The molecule has 1 atom stereocenters. The largest absolute Gasteiger partial charge is 0.385 e. The fourth-order valence-electron chi connectivity index (χ4n) is 2.26. The number of nitro groups is 1. The Bertz CT molecular complexity index is 533. The van der Waals surface area contributed by atoms with Gasteiger partial charge in [0.15, 0.2) is 0 Å². The zero-order valence-corrected chi connectivity index (χ0v) is 12.0. The number of anilines is 2. The number of nitrogens with zero attached hydrogens (tertiary/aromatic N) is 1. The van der Waals surface area contributed by atoms with Crippen LogP contribution in [0.3, 0.4) is 0 Å². The van der Waals surface area contributed by atoms with Crippen molar-refractivity contribution in [3.8, 4) is 0 Å². The second-order valence-corrected chi connectivity index (χ2v) is 5.14. The minimum atomic E-state index is -0.403. The van der Waals surface area contributed by atoms with E-state index in [1.165, 1.54) is 12.1 Å². The summed E-state index contributed by atoms with van der Waals surface area (Å²) in [7, 11) is 0. The number of benzene rings is 1. The van der Waals surface area contributed by atoms with Gasteiger partial charge in [-0.1, -0.05) is 6.92 Å². The van der Waals surface area contributed by atoms with Crippen LogP contribution >= 0.6 is 0 Å². The normalized spacial score (nSPS) is 17.4. The molecule has 0 aromatic heterocycles. The Labute approximate surface area is 123 Å². The average molecular weight is 292 g/mol. The fraction of sp³-hybridized carbons (Fsp3) is 0.500. The standard InChI is InChI=1S/C14H20N4O3/c1-2-5-15-11-6-12(8-13(7-11)18(20)21)16-9-10-3-4-14(19)17-10/h6-8,10,15-16H,2-5,9H2,1H3,(H,17,19). The van der Waals surface area contributed by atoms with Crippen LogP contribution in [0.1, 0.15) is 26.2 Å². The molecule has 0 aliphatic carbocycles. The van der Waals surface area contributed by atoms with E-state index in [1.54, 1.807) is 0 Å². The number of hydrogen-bond donors (Lipinski definition) is 3. The van der Waals surface area contributed by atoms with E-state index in [1.807, 2.05) is 13.0 Å². The minimum Gasteiger partial charge on any atom is -0.385 e. The van der Waals surface area contributed by atoms with Crippen LogP contribution < -0.4 is 16.0 Å². The van der Waals surface area contributed by atoms with Gasteiger partial charge in [-0.15, -0.1) is 0 Å². The topological polar surface area (TPSA) is 96.3 Å². The highest BCUT2D eigenvalue weighted by Gasteiger charge is 2.20. The van der Waals surface area contributed by atoms with Gasteiger partial charge in [-0.2, -0.15) is 0 Å². The van der Waals surface area contributed by atoms with Gasteiger partial charge in [0.25, 0.3) is 5.69 Å². The molecular weight excluding hydrogens is 272 g/mol. The van der Waals surface area contributed by atoms with Crippen molar-refractivity contribution in [2.24, 2.45) is 0 Å². The van der Waals surface area contributed by atoms with Gasteiger partial charge >= 0.3 is 0 Å². The Morgan fingerprint density at radius 3 is 2.62 bits per heavy atom. The van der Waals surface area contributed by atoms with Crippen LogP contribution in [0.5, 0.6) is 0 Å². The van der Waals surface area contributed by atoms with E-state index in [4.69, 9.17) is 0 Å². The van der Waals surface area contributed by atoms with Crippen LogP contribution in [0.2, 0.25) is 0 Å². The minimum absolute atomic E-state index is 0.0501. The summed E-state index contributed by atoms with van der Waals surface area (Å²) in [5, 5.41) is 20.1. The van der Waals surface area contributed by atoms with E-state index >= 15 is 0 Å². The summed E-state index contributed by atoms with van der Waals surface area (Å²) in [6.45, 7) is 3.37. The van der Waals surface area contributed by atoms with Gasteiger partial charge in [-0.05, 0) is 18.9 Å². The van der Waals surface area contributed by atoms with E-state index in [2.05, 4.69) is 16.0 Å². The Morgan fingerprint density at radius 2 is 2.05 bits per heavy atom. The summed E-state index contributed by atoms with van der Waals surface area (Å²) < 4.78 is 0. The first-order valence-corrected chi connectivity index (χ1v) is 7.15. The van der Waals surface area contributed by atoms with Gasteiger partial charge < -0.3 is 16.0 Å². The SMILES string of the molecule is CCCNc1cc(NCC2CCC(=O)N2)cc([N+](=O)[O-])c1. The maximum Gasteiger partial charge on any atom is 0.273 e. The van der Waals surface area contributed by atoms with E-state index in [0.717, 1.165) is 25.1 Å². The van der Waals surface area contributed by atoms with E-state index in [-0.39, 0.29) is 17.6 Å². The molecule has 1 aliphatic heterocycles. The number of non-ortho nitro benzene ring substituents is 1. The molecule has 1 fully saturated rings. The van der Waals surface area contributed by atoms with E-state index in [0.29, 0.717) is 18.7 Å². The molecule has 1 saturated heterocycles. The molecule has 0 bridgehead atoms. The first kappa shape index (κ1) is 15.1. The lowest BCUT2D eigenvalue weighted by molar-refractivity contribution is -0.384. The lowest BCUT2D eigenvalue weighted by Gasteiger charge is -2.14. The van der Waals surface area contributed by atoms with E-state index in [9.17, 15) is 14.9 Å². The van der Waals surface area contributed by atoms with Crippen molar-refractivity contribution in [2.45, 2.75) is 32.2 Å². The van der Waals surface area contributed by atoms with Crippen molar-refractivity contribution in [2.75, 3.05) is 23.7 Å². The van der Waals surface area contributed by atoms with Crippen molar-refractivity contribution in [3.63, 3.8) is 0 Å². The molecule has 1 aromatic rings. The smallest absolute Gasteiger partial charge is 0.273 e. The zero-order valence-electron chi connectivity index (χ0n) is 12.0. The predicted molar refractivity (Wildman–Crippen MR) is 81.5 cm³/mol. The fourth-order valence-corrected chi connectivity index (χ4v) is 2.26. The maximum absolute atomic E-state index is 11.1. The van der Waals surface area contributed by atoms with Crippen molar-refractivity contribution in [1.29, 1.82) is 0 Å². The zero-order chi connectivity index (χ0) is 15.2. The quantitative estimate of drug-likeness (QED) is 0.528. The molecule has 21 heavy (non-hydrogen) atoms. The van der Waals surface area contributed by atoms with Crippen LogP contribution in [-0.2, 0) is 4.79 Å². The molecule has 0 radical (unpaired) electrons. The molecule has 7 heteroatoms. The van der Waals surface area contributed by atoms with Gasteiger partial charge in [0, 0.05) is 49.1 Å². The number of carbonyl (C=O) groups excluding carboxylic acids is 1. The van der Waals surface area contributed by atoms with E-state index < -0.39 is 4.92 Å². The van der Waals surface area contributed by atoms with Gasteiger partial charge in [-0.3, -0.25) is 14.9 Å². The van der Waals surface area contributed by atoms with Crippen molar-refractivity contribution in [3.05, 3.63) is 28.3 Å². The highest BCUT2D eigenvalue weighted by atomic mass is 16.6. The molecule has 1 amide bonds. The summed E-state index contributed by atoms with van der Waals surface area (Å²) in [4.78, 5) is 21.7. The highest BCUT2D eigenvalue weighted by molar-refractivity contribution is 5.78. The van der Waals surface area contributed by atoms with Crippen LogP contribution in [0.25, 0.3) is 0 Å². The summed E-state index contributed by atoms with van der Waals surface area (Å²) in [6, 6.07) is 4.97. The molecule has 1 aromatic carbocycles. The summed E-state index contributed by atoms with van der Waals surface area (Å²) in [5.74, 6) is 0.0612. The highest BCUT2D eigenvalue weighted by Crippen LogP contribution is 2.24. The van der Waals surface area contributed by atoms with Gasteiger partial charge in [0.1, 0.15) is 0 Å². The Kier molecular flexibility index (Phi) is 4.97. The third-order valence-corrected chi connectivity index (χ3v) is 3.35. The molecule has 1 unspecified atom stereocenters. The first-order valence-electron chi connectivity index (χ1n) is 7.15. The van der Waals surface area contributed by atoms with Crippen molar-refractivity contribution in [1.82, 2.24) is 5.32 Å². The predicted octanol–water partition coefficient (Wildman–Crippen LogP) is 2.11. The number of carbonyl (C=O) groups is 1. The number of rotatable bonds is 7. The molecule has 0 saturated carbocycles. The van der Waals surface area contributed by atoms with Crippen molar-refractivity contribution >= 4 is 23.0 Å². The first-order chi connectivity index (χ1) is 10.1. The molecule has 7 nitrogen and oxygen atoms in total. The van der Waals surface area contributed by atoms with Crippen LogP contribution in [0, 0.1) is 10.1 Å². The number of hydrogen-bond acceptors (Lipinski definition) is 5. The van der Waals surface area contributed by atoms with Crippen LogP contribution in [0.15, 0.2) is 18.2 Å². The molecule has 114 valence electrons.